The Balaban J connectivity index is 4.69. The van der Waals surface area contributed by atoms with E-state index in [2.05, 4.69) is 26.1 Å². The molecule has 0 aliphatic heterocycles. The second kappa shape index (κ2) is 8.48. The fourth-order valence-corrected chi connectivity index (χ4v) is 1.84. The molecule has 4 heteroatoms. The van der Waals surface area contributed by atoms with Crippen molar-refractivity contribution in [3.05, 3.63) is 0 Å². The third-order valence-electron chi connectivity index (χ3n) is 3.00. The molecular weight excluding hydrogens is 218 g/mol. The first-order chi connectivity index (χ1) is 8.02. The summed E-state index contributed by atoms with van der Waals surface area (Å²) in [5.41, 5.74) is -0.322. The second-order valence-corrected chi connectivity index (χ2v) is 4.65. The molecule has 0 aromatic carbocycles. The Labute approximate surface area is 105 Å². The third-order valence-corrected chi connectivity index (χ3v) is 3.00. The SMILES string of the molecule is CCCNC(COC)(CC(=O)OCC)C(C)C. The Bertz CT molecular complexity index is 219. The number of ether oxygens (including phenoxy) is 2. The highest BCUT2D eigenvalue weighted by Gasteiger charge is 2.36. The van der Waals surface area contributed by atoms with Crippen LogP contribution in [0.4, 0.5) is 0 Å². The first kappa shape index (κ1) is 16.4. The van der Waals surface area contributed by atoms with Crippen molar-refractivity contribution in [3.8, 4) is 0 Å². The van der Waals surface area contributed by atoms with E-state index in [0.29, 0.717) is 25.6 Å². The predicted octanol–water partition coefficient (Wildman–Crippen LogP) is 1.98. The molecule has 0 aliphatic rings. The molecule has 1 atom stereocenters. The van der Waals surface area contributed by atoms with Gasteiger partial charge in [0.25, 0.3) is 0 Å². The minimum absolute atomic E-state index is 0.165. The van der Waals surface area contributed by atoms with E-state index >= 15 is 0 Å². The summed E-state index contributed by atoms with van der Waals surface area (Å²) >= 11 is 0. The number of rotatable bonds is 9. The lowest BCUT2D eigenvalue weighted by Crippen LogP contribution is -2.55. The zero-order valence-corrected chi connectivity index (χ0v) is 11.8. The summed E-state index contributed by atoms with van der Waals surface area (Å²) in [6.45, 7) is 9.94. The number of nitrogens with one attached hydrogen (secondary N) is 1. The van der Waals surface area contributed by atoms with Gasteiger partial charge in [0.2, 0.25) is 0 Å². The van der Waals surface area contributed by atoms with Gasteiger partial charge >= 0.3 is 5.97 Å². The molecular formula is C13H27NO3. The van der Waals surface area contributed by atoms with Gasteiger partial charge < -0.3 is 14.8 Å². The molecule has 0 radical (unpaired) electrons. The summed E-state index contributed by atoms with van der Waals surface area (Å²) in [6.07, 6.45) is 1.38. The second-order valence-electron chi connectivity index (χ2n) is 4.65. The van der Waals surface area contributed by atoms with Crippen LogP contribution in [-0.2, 0) is 14.3 Å². The van der Waals surface area contributed by atoms with Crippen LogP contribution >= 0.6 is 0 Å². The van der Waals surface area contributed by atoms with Crippen LogP contribution < -0.4 is 5.32 Å². The van der Waals surface area contributed by atoms with Gasteiger partial charge in [0, 0.05) is 7.11 Å². The highest BCUT2D eigenvalue weighted by Crippen LogP contribution is 2.22. The van der Waals surface area contributed by atoms with Gasteiger partial charge in [0.1, 0.15) is 0 Å². The minimum Gasteiger partial charge on any atom is -0.466 e. The van der Waals surface area contributed by atoms with E-state index in [1.807, 2.05) is 6.92 Å². The number of hydrogen-bond acceptors (Lipinski definition) is 4. The number of methoxy groups -OCH3 is 1. The van der Waals surface area contributed by atoms with Gasteiger partial charge in [0.15, 0.2) is 0 Å². The highest BCUT2D eigenvalue weighted by atomic mass is 16.5. The van der Waals surface area contributed by atoms with Crippen molar-refractivity contribution in [2.24, 2.45) is 5.92 Å². The average molecular weight is 245 g/mol. The summed E-state index contributed by atoms with van der Waals surface area (Å²) in [5, 5.41) is 3.45. The van der Waals surface area contributed by atoms with Crippen LogP contribution in [0.25, 0.3) is 0 Å². The maximum Gasteiger partial charge on any atom is 0.307 e. The molecule has 0 spiro atoms. The van der Waals surface area contributed by atoms with Gasteiger partial charge in [-0.25, -0.2) is 0 Å². The fourth-order valence-electron chi connectivity index (χ4n) is 1.84. The van der Waals surface area contributed by atoms with Crippen LogP contribution in [0.3, 0.4) is 0 Å². The number of esters is 1. The molecule has 0 aromatic rings. The normalized spacial score (nSPS) is 14.7. The third kappa shape index (κ3) is 5.50. The Morgan fingerprint density at radius 1 is 1.35 bits per heavy atom. The van der Waals surface area contributed by atoms with Crippen LogP contribution in [0, 0.1) is 5.92 Å². The molecule has 1 N–H and O–H groups in total. The first-order valence-electron chi connectivity index (χ1n) is 6.42. The van der Waals surface area contributed by atoms with E-state index in [9.17, 15) is 4.79 Å². The number of hydrogen-bond donors (Lipinski definition) is 1. The fraction of sp³-hybridized carbons (Fsp3) is 0.923. The van der Waals surface area contributed by atoms with E-state index in [0.717, 1.165) is 13.0 Å². The molecule has 0 heterocycles. The largest absolute Gasteiger partial charge is 0.466 e. The monoisotopic (exact) mass is 245 g/mol. The molecule has 4 nitrogen and oxygen atoms in total. The molecule has 102 valence electrons. The van der Waals surface area contributed by atoms with Gasteiger partial charge in [0.05, 0.1) is 25.2 Å². The summed E-state index contributed by atoms with van der Waals surface area (Å²) in [6, 6.07) is 0. The molecule has 0 bridgehead atoms. The maximum absolute atomic E-state index is 11.7. The standard InChI is InChI=1S/C13H27NO3/c1-6-8-14-13(10-16-5,11(3)4)9-12(15)17-7-2/h11,14H,6-10H2,1-5H3. The Hall–Kier alpha value is -0.610. The van der Waals surface area contributed by atoms with Crippen molar-refractivity contribution < 1.29 is 14.3 Å². The Morgan fingerprint density at radius 3 is 2.41 bits per heavy atom. The van der Waals surface area contributed by atoms with Crippen molar-refractivity contribution in [1.29, 1.82) is 0 Å². The van der Waals surface area contributed by atoms with Gasteiger partial charge in [-0.15, -0.1) is 0 Å². The summed E-state index contributed by atoms with van der Waals surface area (Å²) in [4.78, 5) is 11.7. The zero-order chi connectivity index (χ0) is 13.3. The quantitative estimate of drug-likeness (QED) is 0.631. The average Bonchev–Trinajstić information content (AvgIpc) is 2.26. The molecule has 17 heavy (non-hydrogen) atoms. The molecule has 0 fully saturated rings. The smallest absolute Gasteiger partial charge is 0.307 e. The lowest BCUT2D eigenvalue weighted by molar-refractivity contribution is -0.146. The molecule has 0 aliphatic carbocycles. The molecule has 0 saturated heterocycles. The maximum atomic E-state index is 11.7. The van der Waals surface area contributed by atoms with Crippen LogP contribution in [0.15, 0.2) is 0 Å². The summed E-state index contributed by atoms with van der Waals surface area (Å²) < 4.78 is 10.3. The molecule has 1 unspecified atom stereocenters. The van der Waals surface area contributed by atoms with E-state index in [-0.39, 0.29) is 11.5 Å². The van der Waals surface area contributed by atoms with Gasteiger partial charge in [-0.1, -0.05) is 20.8 Å². The molecule has 0 saturated carbocycles. The molecule has 0 aromatic heterocycles. The number of carbonyl (C=O) groups is 1. The Morgan fingerprint density at radius 2 is 2.00 bits per heavy atom. The number of carbonyl (C=O) groups excluding carboxylic acids is 1. The van der Waals surface area contributed by atoms with Crippen molar-refractivity contribution in [3.63, 3.8) is 0 Å². The summed E-state index contributed by atoms with van der Waals surface area (Å²) in [5.74, 6) is 0.139. The van der Waals surface area contributed by atoms with E-state index in [1.54, 1.807) is 7.11 Å². The van der Waals surface area contributed by atoms with Crippen LogP contribution in [-0.4, -0.2) is 38.4 Å². The van der Waals surface area contributed by atoms with E-state index < -0.39 is 0 Å². The predicted molar refractivity (Wildman–Crippen MR) is 69.0 cm³/mol. The van der Waals surface area contributed by atoms with Gasteiger partial charge in [-0.05, 0) is 25.8 Å². The zero-order valence-electron chi connectivity index (χ0n) is 11.8. The van der Waals surface area contributed by atoms with E-state index in [4.69, 9.17) is 9.47 Å². The highest BCUT2D eigenvalue weighted by molar-refractivity contribution is 5.71. The van der Waals surface area contributed by atoms with Gasteiger partial charge in [-0.3, -0.25) is 4.79 Å². The lowest BCUT2D eigenvalue weighted by Gasteiger charge is -2.37. The molecule has 0 amide bonds. The topological polar surface area (TPSA) is 47.6 Å². The Kier molecular flexibility index (Phi) is 8.17. The van der Waals surface area contributed by atoms with Crippen molar-refractivity contribution in [2.75, 3.05) is 26.9 Å². The first-order valence-corrected chi connectivity index (χ1v) is 6.42. The van der Waals surface area contributed by atoms with Gasteiger partial charge in [-0.2, -0.15) is 0 Å². The van der Waals surface area contributed by atoms with Crippen molar-refractivity contribution >= 4 is 5.97 Å². The van der Waals surface area contributed by atoms with Crippen molar-refractivity contribution in [1.82, 2.24) is 5.32 Å². The van der Waals surface area contributed by atoms with E-state index in [1.165, 1.54) is 0 Å². The lowest BCUT2D eigenvalue weighted by atomic mass is 9.83. The molecule has 0 rings (SSSR count). The van der Waals surface area contributed by atoms with Crippen LogP contribution in [0.2, 0.25) is 0 Å². The minimum atomic E-state index is -0.322. The van der Waals surface area contributed by atoms with Crippen molar-refractivity contribution in [2.45, 2.75) is 46.1 Å². The van der Waals surface area contributed by atoms with Crippen LogP contribution in [0.5, 0.6) is 0 Å². The summed E-state index contributed by atoms with van der Waals surface area (Å²) in [7, 11) is 1.66. The van der Waals surface area contributed by atoms with Crippen LogP contribution in [0.1, 0.15) is 40.5 Å².